The second-order valence-electron chi connectivity index (χ2n) is 6.11. The summed E-state index contributed by atoms with van der Waals surface area (Å²) in [5.41, 5.74) is -0.511. The maximum atomic E-state index is 11.6. The van der Waals surface area contributed by atoms with Crippen molar-refractivity contribution in [3.05, 3.63) is 0 Å². The van der Waals surface area contributed by atoms with Crippen LogP contribution in [0.25, 0.3) is 0 Å². The third kappa shape index (κ3) is 2.69. The molecule has 2 N–H and O–H groups in total. The zero-order chi connectivity index (χ0) is 13.2. The van der Waals surface area contributed by atoms with E-state index in [2.05, 4.69) is 5.32 Å². The van der Waals surface area contributed by atoms with Crippen molar-refractivity contribution in [3.8, 4) is 0 Å². The number of rotatable bonds is 4. The van der Waals surface area contributed by atoms with Gasteiger partial charge in [0.1, 0.15) is 0 Å². The molecule has 0 aromatic heterocycles. The molecule has 0 spiro atoms. The number of nitrogens with one attached hydrogen (secondary N) is 1. The van der Waals surface area contributed by atoms with Crippen LogP contribution in [0, 0.1) is 11.3 Å². The molecular weight excluding hydrogens is 230 g/mol. The number of hydrogen-bond acceptors (Lipinski definition) is 3. The summed E-state index contributed by atoms with van der Waals surface area (Å²) < 4.78 is 5.35. The van der Waals surface area contributed by atoms with Gasteiger partial charge in [-0.3, -0.25) is 4.79 Å². The van der Waals surface area contributed by atoms with Crippen LogP contribution < -0.4 is 5.32 Å². The van der Waals surface area contributed by atoms with Crippen LogP contribution in [-0.4, -0.2) is 36.4 Å². The molecule has 2 fully saturated rings. The van der Waals surface area contributed by atoms with Crippen molar-refractivity contribution in [2.75, 3.05) is 13.2 Å². The molecular formula is C14H25NO3. The molecule has 1 aliphatic carbocycles. The van der Waals surface area contributed by atoms with Gasteiger partial charge in [0.05, 0.1) is 5.41 Å². The lowest BCUT2D eigenvalue weighted by molar-refractivity contribution is -0.151. The molecule has 4 nitrogen and oxygen atoms in total. The monoisotopic (exact) mass is 255 g/mol. The van der Waals surface area contributed by atoms with Crippen LogP contribution >= 0.6 is 0 Å². The van der Waals surface area contributed by atoms with E-state index in [4.69, 9.17) is 4.74 Å². The Morgan fingerprint density at radius 3 is 2.44 bits per heavy atom. The molecule has 0 unspecified atom stereocenters. The maximum absolute atomic E-state index is 11.6. The number of ether oxygens (including phenoxy) is 1. The normalized spacial score (nSPS) is 34.1. The zero-order valence-corrected chi connectivity index (χ0v) is 11.4. The van der Waals surface area contributed by atoms with Crippen molar-refractivity contribution in [3.63, 3.8) is 0 Å². The SMILES string of the molecule is CC(C)[C@]1(C(=O)O)CC[C@@H](NC2CCOCC2)C1. The average Bonchev–Trinajstić information content (AvgIpc) is 2.76. The van der Waals surface area contributed by atoms with E-state index in [0.29, 0.717) is 12.1 Å². The molecule has 2 atom stereocenters. The van der Waals surface area contributed by atoms with E-state index in [1.54, 1.807) is 0 Å². The van der Waals surface area contributed by atoms with Gasteiger partial charge in [-0.25, -0.2) is 0 Å². The number of carboxylic acids is 1. The summed E-state index contributed by atoms with van der Waals surface area (Å²) in [5.74, 6) is -0.412. The van der Waals surface area contributed by atoms with Crippen molar-refractivity contribution in [1.29, 1.82) is 0 Å². The molecule has 4 heteroatoms. The highest BCUT2D eigenvalue weighted by molar-refractivity contribution is 5.75. The Kier molecular flexibility index (Phi) is 4.28. The predicted molar refractivity (Wildman–Crippen MR) is 69.5 cm³/mol. The first-order chi connectivity index (χ1) is 8.54. The highest BCUT2D eigenvalue weighted by Crippen LogP contribution is 2.44. The van der Waals surface area contributed by atoms with E-state index in [1.165, 1.54) is 0 Å². The molecule has 0 amide bonds. The molecule has 0 bridgehead atoms. The van der Waals surface area contributed by atoms with Gasteiger partial charge >= 0.3 is 5.97 Å². The van der Waals surface area contributed by atoms with E-state index in [-0.39, 0.29) is 5.92 Å². The van der Waals surface area contributed by atoms with Gasteiger partial charge in [0, 0.05) is 25.3 Å². The maximum Gasteiger partial charge on any atom is 0.309 e. The Balaban J connectivity index is 1.92. The summed E-state index contributed by atoms with van der Waals surface area (Å²) in [4.78, 5) is 11.6. The van der Waals surface area contributed by atoms with E-state index in [0.717, 1.165) is 45.3 Å². The summed E-state index contributed by atoms with van der Waals surface area (Å²) in [6.45, 7) is 5.73. The first-order valence-corrected chi connectivity index (χ1v) is 7.12. The van der Waals surface area contributed by atoms with Crippen LogP contribution in [0.3, 0.4) is 0 Å². The smallest absolute Gasteiger partial charge is 0.309 e. The van der Waals surface area contributed by atoms with Crippen LogP contribution in [-0.2, 0) is 9.53 Å². The molecule has 18 heavy (non-hydrogen) atoms. The summed E-state index contributed by atoms with van der Waals surface area (Å²) in [7, 11) is 0. The van der Waals surface area contributed by atoms with E-state index < -0.39 is 11.4 Å². The molecule has 1 heterocycles. The highest BCUT2D eigenvalue weighted by atomic mass is 16.5. The minimum Gasteiger partial charge on any atom is -0.481 e. The lowest BCUT2D eigenvalue weighted by Crippen LogP contribution is -2.42. The molecule has 104 valence electrons. The molecule has 1 saturated heterocycles. The highest BCUT2D eigenvalue weighted by Gasteiger charge is 2.47. The van der Waals surface area contributed by atoms with Crippen molar-refractivity contribution < 1.29 is 14.6 Å². The lowest BCUT2D eigenvalue weighted by atomic mass is 9.75. The van der Waals surface area contributed by atoms with E-state index >= 15 is 0 Å². The third-order valence-electron chi connectivity index (χ3n) is 4.77. The van der Waals surface area contributed by atoms with Gasteiger partial charge in [-0.05, 0) is 38.0 Å². The second kappa shape index (κ2) is 5.57. The summed E-state index contributed by atoms with van der Waals surface area (Å²) in [6, 6.07) is 0.882. The van der Waals surface area contributed by atoms with Gasteiger partial charge < -0.3 is 15.2 Å². The fourth-order valence-electron chi connectivity index (χ4n) is 3.38. The van der Waals surface area contributed by atoms with E-state index in [1.807, 2.05) is 13.8 Å². The minimum atomic E-state index is -0.617. The zero-order valence-electron chi connectivity index (χ0n) is 11.4. The largest absolute Gasteiger partial charge is 0.481 e. The van der Waals surface area contributed by atoms with Gasteiger partial charge in [0.25, 0.3) is 0 Å². The van der Waals surface area contributed by atoms with Gasteiger partial charge in [-0.15, -0.1) is 0 Å². The van der Waals surface area contributed by atoms with Gasteiger partial charge in [-0.1, -0.05) is 13.8 Å². The Morgan fingerprint density at radius 2 is 1.94 bits per heavy atom. The van der Waals surface area contributed by atoms with Crippen molar-refractivity contribution in [2.24, 2.45) is 11.3 Å². The Morgan fingerprint density at radius 1 is 1.28 bits per heavy atom. The topological polar surface area (TPSA) is 58.6 Å². The van der Waals surface area contributed by atoms with E-state index in [9.17, 15) is 9.90 Å². The lowest BCUT2D eigenvalue weighted by Gasteiger charge is -2.30. The molecule has 2 rings (SSSR count). The number of aliphatic carboxylic acids is 1. The third-order valence-corrected chi connectivity index (χ3v) is 4.77. The average molecular weight is 255 g/mol. The molecule has 1 saturated carbocycles. The van der Waals surface area contributed by atoms with Crippen LogP contribution in [0.5, 0.6) is 0 Å². The quantitative estimate of drug-likeness (QED) is 0.807. The minimum absolute atomic E-state index is 0.205. The van der Waals surface area contributed by atoms with Gasteiger partial charge in [0.15, 0.2) is 0 Å². The fraction of sp³-hybridized carbons (Fsp3) is 0.929. The van der Waals surface area contributed by atoms with Gasteiger partial charge in [0.2, 0.25) is 0 Å². The summed E-state index contributed by atoms with van der Waals surface area (Å²) in [5, 5.41) is 13.1. The van der Waals surface area contributed by atoms with Crippen LogP contribution in [0.4, 0.5) is 0 Å². The Hall–Kier alpha value is -0.610. The predicted octanol–water partition coefficient (Wildman–Crippen LogP) is 2.03. The van der Waals surface area contributed by atoms with Crippen molar-refractivity contribution in [1.82, 2.24) is 5.32 Å². The van der Waals surface area contributed by atoms with Gasteiger partial charge in [-0.2, -0.15) is 0 Å². The molecule has 1 aliphatic heterocycles. The molecule has 0 radical (unpaired) electrons. The van der Waals surface area contributed by atoms with Crippen LogP contribution in [0.1, 0.15) is 46.0 Å². The fourth-order valence-corrected chi connectivity index (χ4v) is 3.38. The molecule has 2 aliphatic rings. The summed E-state index contributed by atoms with van der Waals surface area (Å²) in [6.07, 6.45) is 4.68. The van der Waals surface area contributed by atoms with Crippen LogP contribution in [0.2, 0.25) is 0 Å². The second-order valence-corrected chi connectivity index (χ2v) is 6.11. The first kappa shape index (κ1) is 13.8. The Bertz CT molecular complexity index is 299. The molecule has 0 aromatic carbocycles. The number of hydrogen-bond donors (Lipinski definition) is 2. The van der Waals surface area contributed by atoms with Crippen LogP contribution in [0.15, 0.2) is 0 Å². The number of carboxylic acid groups (broad SMARTS) is 1. The first-order valence-electron chi connectivity index (χ1n) is 7.12. The van der Waals surface area contributed by atoms with Crippen molar-refractivity contribution >= 4 is 5.97 Å². The Labute approximate surface area is 109 Å². The summed E-state index contributed by atoms with van der Waals surface area (Å²) >= 11 is 0. The standard InChI is InChI=1S/C14H25NO3/c1-10(2)14(13(16)17)6-3-12(9-14)15-11-4-7-18-8-5-11/h10-12,15H,3-9H2,1-2H3,(H,16,17)/t12-,14+/m1/s1. The molecule has 0 aromatic rings. The number of carbonyl (C=O) groups is 1. The van der Waals surface area contributed by atoms with Crippen molar-refractivity contribution in [2.45, 2.75) is 58.0 Å².